The summed E-state index contributed by atoms with van der Waals surface area (Å²) in [7, 11) is 0. The molecule has 2 aromatic carbocycles. The predicted octanol–water partition coefficient (Wildman–Crippen LogP) is 3.94. The van der Waals surface area contributed by atoms with Gasteiger partial charge in [-0.2, -0.15) is 5.10 Å². The van der Waals surface area contributed by atoms with Crippen molar-refractivity contribution < 1.29 is 0 Å². The molecule has 2 aliphatic rings. The smallest absolute Gasteiger partial charge is 0.0710 e. The Hall–Kier alpha value is -1.80. The Morgan fingerprint density at radius 1 is 1.05 bits per heavy atom. The molecule has 0 aromatic heterocycles. The molecular formula is C18H17ClN2. The van der Waals surface area contributed by atoms with Gasteiger partial charge in [0.1, 0.15) is 0 Å². The number of hydrogen-bond acceptors (Lipinski definition) is 2. The molecule has 0 bridgehead atoms. The SMILES string of the molecule is Clc1ccc([C@H]2C=NN[C@]23CCc2ccccc2C3)cc1. The van der Waals surface area contributed by atoms with Crippen LogP contribution in [0.4, 0.5) is 0 Å². The van der Waals surface area contributed by atoms with Crippen molar-refractivity contribution in [1.82, 2.24) is 5.43 Å². The number of nitrogens with zero attached hydrogens (tertiary/aromatic N) is 1. The first-order chi connectivity index (χ1) is 10.3. The van der Waals surface area contributed by atoms with Crippen LogP contribution in [0, 0.1) is 0 Å². The lowest BCUT2D eigenvalue weighted by Gasteiger charge is -2.39. The van der Waals surface area contributed by atoms with Crippen LogP contribution in [0.1, 0.15) is 29.0 Å². The van der Waals surface area contributed by atoms with Gasteiger partial charge in [0, 0.05) is 17.2 Å². The molecule has 2 nitrogen and oxygen atoms in total. The van der Waals surface area contributed by atoms with Gasteiger partial charge in [0.25, 0.3) is 0 Å². The van der Waals surface area contributed by atoms with Crippen LogP contribution in [0.2, 0.25) is 5.02 Å². The van der Waals surface area contributed by atoms with E-state index >= 15 is 0 Å². The summed E-state index contributed by atoms with van der Waals surface area (Å²) in [5.74, 6) is 0.308. The minimum Gasteiger partial charge on any atom is -0.303 e. The molecule has 0 fully saturated rings. The van der Waals surface area contributed by atoms with Crippen molar-refractivity contribution in [2.75, 3.05) is 0 Å². The van der Waals surface area contributed by atoms with Crippen molar-refractivity contribution in [2.45, 2.75) is 30.7 Å². The lowest BCUT2D eigenvalue weighted by molar-refractivity contribution is 0.296. The van der Waals surface area contributed by atoms with Crippen LogP contribution in [-0.2, 0) is 12.8 Å². The summed E-state index contributed by atoms with van der Waals surface area (Å²) in [5.41, 5.74) is 7.64. The first-order valence-electron chi connectivity index (χ1n) is 7.39. The molecule has 0 amide bonds. The van der Waals surface area contributed by atoms with Crippen LogP contribution >= 0.6 is 11.6 Å². The van der Waals surface area contributed by atoms with E-state index in [2.05, 4.69) is 53.1 Å². The molecule has 21 heavy (non-hydrogen) atoms. The third kappa shape index (κ3) is 2.14. The van der Waals surface area contributed by atoms with Gasteiger partial charge in [-0.3, -0.25) is 0 Å². The van der Waals surface area contributed by atoms with E-state index in [1.807, 2.05) is 12.1 Å². The maximum absolute atomic E-state index is 6.01. The highest BCUT2D eigenvalue weighted by Crippen LogP contribution is 2.40. The summed E-state index contributed by atoms with van der Waals surface area (Å²) >= 11 is 6.01. The quantitative estimate of drug-likeness (QED) is 0.847. The van der Waals surface area contributed by atoms with Gasteiger partial charge in [-0.25, -0.2) is 0 Å². The number of aryl methyl sites for hydroxylation is 1. The van der Waals surface area contributed by atoms with Crippen molar-refractivity contribution in [3.05, 3.63) is 70.2 Å². The number of rotatable bonds is 1. The van der Waals surface area contributed by atoms with Crippen molar-refractivity contribution in [3.8, 4) is 0 Å². The van der Waals surface area contributed by atoms with Crippen molar-refractivity contribution in [3.63, 3.8) is 0 Å². The largest absolute Gasteiger partial charge is 0.303 e. The van der Waals surface area contributed by atoms with Gasteiger partial charge in [0.05, 0.1) is 5.54 Å². The third-order valence-corrected chi connectivity index (χ3v) is 5.05. The highest BCUT2D eigenvalue weighted by Gasteiger charge is 2.44. The molecule has 0 unspecified atom stereocenters. The van der Waals surface area contributed by atoms with Gasteiger partial charge in [-0.05, 0) is 48.1 Å². The number of halogens is 1. The number of hydrazone groups is 1. The zero-order valence-electron chi connectivity index (χ0n) is 11.7. The Morgan fingerprint density at radius 3 is 2.62 bits per heavy atom. The van der Waals surface area contributed by atoms with Gasteiger partial charge in [0.2, 0.25) is 0 Å². The van der Waals surface area contributed by atoms with E-state index in [0.29, 0.717) is 5.92 Å². The van der Waals surface area contributed by atoms with Crippen LogP contribution in [-0.4, -0.2) is 11.8 Å². The van der Waals surface area contributed by atoms with Gasteiger partial charge in [0.15, 0.2) is 0 Å². The van der Waals surface area contributed by atoms with Crippen molar-refractivity contribution >= 4 is 17.8 Å². The summed E-state index contributed by atoms with van der Waals surface area (Å²) in [6.07, 6.45) is 5.29. The van der Waals surface area contributed by atoms with E-state index in [4.69, 9.17) is 11.6 Å². The fourth-order valence-corrected chi connectivity index (χ4v) is 3.77. The predicted molar refractivity (Wildman–Crippen MR) is 87.0 cm³/mol. The normalized spacial score (nSPS) is 26.6. The van der Waals surface area contributed by atoms with Crippen LogP contribution in [0.5, 0.6) is 0 Å². The molecule has 0 saturated heterocycles. The molecule has 3 heteroatoms. The van der Waals surface area contributed by atoms with E-state index in [1.54, 1.807) is 0 Å². The van der Waals surface area contributed by atoms with E-state index in [-0.39, 0.29) is 5.54 Å². The number of hydrogen-bond donors (Lipinski definition) is 1. The molecule has 1 spiro atoms. The van der Waals surface area contributed by atoms with E-state index in [9.17, 15) is 0 Å². The highest BCUT2D eigenvalue weighted by molar-refractivity contribution is 6.30. The van der Waals surface area contributed by atoms with Crippen LogP contribution < -0.4 is 5.43 Å². The van der Waals surface area contributed by atoms with Crippen molar-refractivity contribution in [2.24, 2.45) is 5.10 Å². The highest BCUT2D eigenvalue weighted by atomic mass is 35.5. The number of nitrogens with one attached hydrogen (secondary N) is 1. The van der Waals surface area contributed by atoms with Crippen LogP contribution in [0.25, 0.3) is 0 Å². The topological polar surface area (TPSA) is 24.4 Å². The molecule has 1 aliphatic carbocycles. The molecule has 4 rings (SSSR count). The third-order valence-electron chi connectivity index (χ3n) is 4.80. The zero-order valence-corrected chi connectivity index (χ0v) is 12.5. The average Bonchev–Trinajstić information content (AvgIpc) is 2.91. The molecule has 2 aromatic rings. The summed E-state index contributed by atoms with van der Waals surface area (Å²) in [6.45, 7) is 0. The molecule has 0 saturated carbocycles. The summed E-state index contributed by atoms with van der Waals surface area (Å²) in [5, 5.41) is 5.19. The summed E-state index contributed by atoms with van der Waals surface area (Å²) in [6, 6.07) is 16.9. The Balaban J connectivity index is 1.70. The maximum Gasteiger partial charge on any atom is 0.0710 e. The molecule has 0 radical (unpaired) electrons. The fourth-order valence-electron chi connectivity index (χ4n) is 3.65. The second kappa shape index (κ2) is 4.88. The molecule has 2 atom stereocenters. The van der Waals surface area contributed by atoms with Crippen molar-refractivity contribution in [1.29, 1.82) is 0 Å². The monoisotopic (exact) mass is 296 g/mol. The first kappa shape index (κ1) is 12.9. The first-order valence-corrected chi connectivity index (χ1v) is 7.77. The van der Waals surface area contributed by atoms with E-state index in [0.717, 1.165) is 24.3 Å². The Kier molecular flexibility index (Phi) is 3.00. The maximum atomic E-state index is 6.01. The second-order valence-electron chi connectivity index (χ2n) is 6.02. The Labute approximate surface area is 129 Å². The molecular weight excluding hydrogens is 280 g/mol. The van der Waals surface area contributed by atoms with Gasteiger partial charge in [-0.1, -0.05) is 48.0 Å². The molecule has 1 heterocycles. The minimum atomic E-state index is 0.0161. The Bertz CT molecular complexity index is 693. The van der Waals surface area contributed by atoms with Gasteiger partial charge in [-0.15, -0.1) is 0 Å². The summed E-state index contributed by atoms with van der Waals surface area (Å²) in [4.78, 5) is 0. The standard InChI is InChI=1S/C18H17ClN2/c19-16-7-5-14(6-8-16)17-12-20-21-18(17)10-9-13-3-1-2-4-15(13)11-18/h1-8,12,17,21H,9-11H2/t17-,18+/m1/s1. The van der Waals surface area contributed by atoms with E-state index < -0.39 is 0 Å². The molecule has 1 aliphatic heterocycles. The summed E-state index contributed by atoms with van der Waals surface area (Å²) < 4.78 is 0. The van der Waals surface area contributed by atoms with Crippen LogP contribution in [0.15, 0.2) is 53.6 Å². The lowest BCUT2D eigenvalue weighted by Crippen LogP contribution is -2.48. The van der Waals surface area contributed by atoms with Crippen LogP contribution in [0.3, 0.4) is 0 Å². The second-order valence-corrected chi connectivity index (χ2v) is 6.46. The van der Waals surface area contributed by atoms with Gasteiger partial charge >= 0.3 is 0 Å². The molecule has 106 valence electrons. The average molecular weight is 297 g/mol. The Morgan fingerprint density at radius 2 is 1.81 bits per heavy atom. The zero-order chi connectivity index (χ0) is 14.3. The minimum absolute atomic E-state index is 0.0161. The lowest BCUT2D eigenvalue weighted by atomic mass is 9.70. The van der Waals surface area contributed by atoms with E-state index in [1.165, 1.54) is 16.7 Å². The fraction of sp³-hybridized carbons (Fsp3) is 0.278. The number of benzene rings is 2. The molecule has 1 N–H and O–H groups in total. The van der Waals surface area contributed by atoms with Gasteiger partial charge < -0.3 is 5.43 Å². The number of fused-ring (bicyclic) bond motifs is 1.